The molecule has 3 unspecified atom stereocenters. The molecule has 7 atom stereocenters. The fourth-order valence-corrected chi connectivity index (χ4v) is 6.69. The summed E-state index contributed by atoms with van der Waals surface area (Å²) in [7, 11) is -17.1. The van der Waals surface area contributed by atoms with Crippen molar-refractivity contribution in [2.45, 2.75) is 44.0 Å². The van der Waals surface area contributed by atoms with Gasteiger partial charge in [-0.25, -0.2) is 23.1 Å². The number of aromatic nitrogens is 3. The quantitative estimate of drug-likeness (QED) is 0.154. The Hall–Kier alpha value is -1.80. The van der Waals surface area contributed by atoms with Gasteiger partial charge in [-0.1, -0.05) is 5.92 Å². The molecule has 2 aromatic heterocycles. The van der Waals surface area contributed by atoms with Crippen LogP contribution in [0.1, 0.15) is 19.0 Å². The van der Waals surface area contributed by atoms with E-state index >= 15 is 0 Å². The number of phosphoric ester groups is 1. The van der Waals surface area contributed by atoms with E-state index in [-0.39, 0.29) is 11.5 Å². The van der Waals surface area contributed by atoms with Crippen molar-refractivity contribution >= 4 is 34.5 Å². The third kappa shape index (κ3) is 5.69. The van der Waals surface area contributed by atoms with Gasteiger partial charge in [0.05, 0.1) is 6.10 Å². The maximum atomic E-state index is 14.5. The number of nitrogens with one attached hydrogen (secondary N) is 1. The van der Waals surface area contributed by atoms with Crippen LogP contribution < -0.4 is 5.56 Å². The Morgan fingerprint density at radius 1 is 1.28 bits per heavy atom. The molecule has 0 aliphatic carbocycles. The molecule has 17 nitrogen and oxygen atoms in total. The lowest BCUT2D eigenvalue weighted by atomic mass is 9.93. The minimum Gasteiger partial charge on any atom is -0.386 e. The number of hydrogen-bond donors (Lipinski definition) is 7. The number of aliphatic hydroxyl groups is 2. The van der Waals surface area contributed by atoms with Crippen LogP contribution in [0.2, 0.25) is 0 Å². The number of rotatable bonds is 8. The van der Waals surface area contributed by atoms with Crippen LogP contribution in [-0.2, 0) is 31.6 Å². The average molecular weight is 577 g/mol. The van der Waals surface area contributed by atoms with Crippen LogP contribution in [0.4, 0.5) is 4.39 Å². The lowest BCUT2D eigenvalue weighted by Crippen LogP contribution is -2.47. The van der Waals surface area contributed by atoms with Gasteiger partial charge in [0.15, 0.2) is 23.3 Å². The zero-order chi connectivity index (χ0) is 27.4. The fourth-order valence-electron chi connectivity index (χ4n) is 3.49. The number of hydrogen-bond acceptors (Lipinski definition) is 11. The highest BCUT2D eigenvalue weighted by Crippen LogP contribution is 2.66. The molecule has 36 heavy (non-hydrogen) atoms. The predicted molar refractivity (Wildman–Crippen MR) is 113 cm³/mol. The Kier molecular flexibility index (Phi) is 7.59. The summed E-state index contributed by atoms with van der Waals surface area (Å²) >= 11 is 0. The molecule has 0 saturated carbocycles. The molecule has 0 bridgehead atoms. The second kappa shape index (κ2) is 9.50. The summed E-state index contributed by atoms with van der Waals surface area (Å²) in [6.45, 7) is 2.34. The van der Waals surface area contributed by atoms with Crippen molar-refractivity contribution in [1.29, 1.82) is 0 Å². The number of aromatic amines is 1. The van der Waals surface area contributed by atoms with Crippen LogP contribution >= 0.6 is 23.5 Å². The Morgan fingerprint density at radius 2 is 1.89 bits per heavy atom. The minimum atomic E-state index is -5.84. The molecule has 1 fully saturated rings. The van der Waals surface area contributed by atoms with E-state index in [0.29, 0.717) is 6.20 Å². The number of halogens is 1. The van der Waals surface area contributed by atoms with Gasteiger partial charge in [-0.15, -0.1) is 6.42 Å². The summed E-state index contributed by atoms with van der Waals surface area (Å²) < 4.78 is 67.0. The van der Waals surface area contributed by atoms with E-state index in [1.807, 2.05) is 5.92 Å². The van der Waals surface area contributed by atoms with Gasteiger partial charge < -0.3 is 39.5 Å². The van der Waals surface area contributed by atoms with Crippen LogP contribution in [-0.4, -0.2) is 68.2 Å². The first kappa shape index (κ1) is 28.8. The molecule has 2 aromatic rings. The zero-order valence-corrected chi connectivity index (χ0v) is 20.7. The third-order valence-electron chi connectivity index (χ3n) is 4.84. The highest BCUT2D eigenvalue weighted by Gasteiger charge is 2.58. The molecule has 0 amide bonds. The van der Waals surface area contributed by atoms with E-state index in [0.717, 1.165) is 11.5 Å². The number of phosphoric acid groups is 3. The maximum absolute atomic E-state index is 14.5. The number of ether oxygens (including phenoxy) is 1. The molecule has 0 spiro atoms. The van der Waals surface area contributed by atoms with Gasteiger partial charge in [0.1, 0.15) is 23.4 Å². The molecule has 0 radical (unpaired) electrons. The standard InChI is InChI=1S/C15H19FN3O14P3/c1-4-15(22)11(20)10(6(2)31-35(26,27)33-36(28,29)32-34(23,24)25)30-14(15)19-5-8(16)9-12(19)17-7(3)18-13(9)21/h1,5-6,10-11,14,20,22H,2-3H3,(H,26,27)(H,28,29)(H,17,18,21)(H2,23,24,25)/t6-,10+,11-,14+,15?/m0/s1. The van der Waals surface area contributed by atoms with Crippen LogP contribution in [0.5, 0.6) is 0 Å². The maximum Gasteiger partial charge on any atom is 0.490 e. The highest BCUT2D eigenvalue weighted by atomic mass is 31.3. The lowest BCUT2D eigenvalue weighted by Gasteiger charge is -2.27. The van der Waals surface area contributed by atoms with E-state index < -0.39 is 70.4 Å². The molecule has 21 heteroatoms. The monoisotopic (exact) mass is 577 g/mol. The molecule has 1 saturated heterocycles. The summed E-state index contributed by atoms with van der Waals surface area (Å²) in [6.07, 6.45) is -1.47. The summed E-state index contributed by atoms with van der Waals surface area (Å²) in [4.78, 5) is 54.6. The van der Waals surface area contributed by atoms with E-state index in [9.17, 15) is 42.9 Å². The number of aliphatic hydroxyl groups excluding tert-OH is 1. The normalized spacial score (nSPS) is 28.9. The van der Waals surface area contributed by atoms with Gasteiger partial charge >= 0.3 is 23.5 Å². The largest absolute Gasteiger partial charge is 0.490 e. The lowest BCUT2D eigenvalue weighted by molar-refractivity contribution is -0.0830. The van der Waals surface area contributed by atoms with Crippen LogP contribution in [0, 0.1) is 25.1 Å². The van der Waals surface area contributed by atoms with Crippen LogP contribution in [0.15, 0.2) is 11.0 Å². The molecule has 1 aliphatic heterocycles. The minimum absolute atomic E-state index is 0.0484. The van der Waals surface area contributed by atoms with Gasteiger partial charge in [0, 0.05) is 6.20 Å². The number of terminal acetylenes is 1. The van der Waals surface area contributed by atoms with Crippen molar-refractivity contribution < 1.29 is 65.8 Å². The van der Waals surface area contributed by atoms with E-state index in [2.05, 4.69) is 23.1 Å². The molecule has 3 rings (SSSR count). The van der Waals surface area contributed by atoms with Crippen molar-refractivity contribution in [3.05, 3.63) is 28.2 Å². The van der Waals surface area contributed by atoms with Gasteiger partial charge in [-0.3, -0.25) is 13.9 Å². The van der Waals surface area contributed by atoms with E-state index in [4.69, 9.17) is 20.9 Å². The number of fused-ring (bicyclic) bond motifs is 1. The molecule has 0 aromatic carbocycles. The van der Waals surface area contributed by atoms with Crippen LogP contribution in [0.25, 0.3) is 11.0 Å². The van der Waals surface area contributed by atoms with Crippen molar-refractivity contribution in [2.75, 3.05) is 0 Å². The number of H-pyrrole nitrogens is 1. The first-order valence-electron chi connectivity index (χ1n) is 9.43. The summed E-state index contributed by atoms with van der Waals surface area (Å²) in [5, 5.41) is 21.1. The molecule has 3 heterocycles. The molecule has 200 valence electrons. The van der Waals surface area contributed by atoms with E-state index in [1.165, 1.54) is 6.92 Å². The van der Waals surface area contributed by atoms with Gasteiger partial charge in [0.25, 0.3) is 5.56 Å². The topological polar surface area (TPSA) is 260 Å². The summed E-state index contributed by atoms with van der Waals surface area (Å²) in [6, 6.07) is 0. The predicted octanol–water partition coefficient (Wildman–Crippen LogP) is -0.473. The molecule has 1 aliphatic rings. The Balaban J connectivity index is 1.93. The Bertz CT molecular complexity index is 1430. The molecular weight excluding hydrogens is 558 g/mol. The van der Waals surface area contributed by atoms with Crippen molar-refractivity contribution in [2.24, 2.45) is 0 Å². The van der Waals surface area contributed by atoms with Gasteiger partial charge in [-0.05, 0) is 13.8 Å². The SMILES string of the molecule is C#CC1(O)[C@@H](O)[C@@H]([C@H](C)OP(=O)(O)OP(=O)(O)OP(=O)(O)O)O[C@H]1n1cc(F)c2c(=O)[nH]c(C)nc21. The molecule has 7 N–H and O–H groups in total. The number of aryl methyl sites for hydroxylation is 1. The van der Waals surface area contributed by atoms with Gasteiger partial charge in [-0.2, -0.15) is 8.62 Å². The van der Waals surface area contributed by atoms with Gasteiger partial charge in [0.2, 0.25) is 0 Å². The van der Waals surface area contributed by atoms with E-state index in [1.54, 1.807) is 0 Å². The number of nitrogens with zero attached hydrogens (tertiary/aromatic N) is 2. The average Bonchev–Trinajstić information content (AvgIpc) is 3.13. The first-order valence-corrected chi connectivity index (χ1v) is 13.9. The Labute approximate surface area is 199 Å². The second-order valence-electron chi connectivity index (χ2n) is 7.50. The Morgan fingerprint density at radius 3 is 2.44 bits per heavy atom. The third-order valence-corrected chi connectivity index (χ3v) is 8.77. The summed E-state index contributed by atoms with van der Waals surface area (Å²) in [5.41, 5.74) is -3.86. The fraction of sp³-hybridized carbons (Fsp3) is 0.467. The molecular formula is C15H19FN3O14P3. The van der Waals surface area contributed by atoms with Crippen LogP contribution in [0.3, 0.4) is 0 Å². The van der Waals surface area contributed by atoms with Crippen molar-refractivity contribution in [3.8, 4) is 12.3 Å². The second-order valence-corrected chi connectivity index (χ2v) is 11.9. The smallest absolute Gasteiger partial charge is 0.386 e. The van der Waals surface area contributed by atoms with Crippen molar-refractivity contribution in [1.82, 2.24) is 14.5 Å². The first-order chi connectivity index (χ1) is 16.3. The summed E-state index contributed by atoms with van der Waals surface area (Å²) in [5.74, 6) is 0.834. The van der Waals surface area contributed by atoms with Crippen molar-refractivity contribution in [3.63, 3.8) is 0 Å². The zero-order valence-electron chi connectivity index (χ0n) is 18.0. The highest BCUT2D eigenvalue weighted by molar-refractivity contribution is 7.66.